The van der Waals surface area contributed by atoms with Gasteiger partial charge >= 0.3 is 0 Å². The van der Waals surface area contributed by atoms with Crippen LogP contribution in [0.15, 0.2) is 54.6 Å². The summed E-state index contributed by atoms with van der Waals surface area (Å²) in [5, 5.41) is 2.14. The van der Waals surface area contributed by atoms with Crippen LogP contribution >= 0.6 is 0 Å². The fourth-order valence-electron chi connectivity index (χ4n) is 4.00. The van der Waals surface area contributed by atoms with Gasteiger partial charge < -0.3 is 24.0 Å². The summed E-state index contributed by atoms with van der Waals surface area (Å²) in [5.74, 6) is 1.15. The Morgan fingerprint density at radius 1 is 0.656 bits per heavy atom. The van der Waals surface area contributed by atoms with Crippen LogP contribution in [-0.4, -0.2) is 69.1 Å². The second-order valence-corrected chi connectivity index (χ2v) is 7.56. The average molecular weight is 434 g/mol. The van der Waals surface area contributed by atoms with E-state index >= 15 is 0 Å². The topological polar surface area (TPSA) is 68.3 Å². The number of methoxy groups -OCH3 is 3. The third-order valence-electron chi connectivity index (χ3n) is 5.76. The smallest absolute Gasteiger partial charge is 0.254 e. The van der Waals surface area contributed by atoms with E-state index in [0.29, 0.717) is 54.6 Å². The van der Waals surface area contributed by atoms with Crippen LogP contribution in [0.5, 0.6) is 17.2 Å². The molecule has 7 heteroatoms. The molecule has 0 unspecified atom stereocenters. The zero-order chi connectivity index (χ0) is 22.7. The lowest BCUT2D eigenvalue weighted by Crippen LogP contribution is -2.50. The number of piperazine rings is 1. The lowest BCUT2D eigenvalue weighted by atomic mass is 10.1. The van der Waals surface area contributed by atoms with E-state index in [1.807, 2.05) is 42.5 Å². The quantitative estimate of drug-likeness (QED) is 0.615. The largest absolute Gasteiger partial charge is 0.493 e. The standard InChI is InChI=1S/C25H26N2O5/c1-30-21-15-20(16-22(31-2)23(21)32-3)25(29)27-12-10-26(11-13-27)24(28)19-9-8-17-6-4-5-7-18(17)14-19/h4-9,14-16H,10-13H2,1-3H3. The Bertz CT molecular complexity index is 1130. The van der Waals surface area contributed by atoms with Gasteiger partial charge in [0.25, 0.3) is 11.8 Å². The molecule has 0 aliphatic carbocycles. The van der Waals surface area contributed by atoms with E-state index < -0.39 is 0 Å². The molecule has 4 rings (SSSR count). The Morgan fingerprint density at radius 2 is 1.19 bits per heavy atom. The van der Waals surface area contributed by atoms with Gasteiger partial charge in [-0.3, -0.25) is 9.59 Å². The maximum absolute atomic E-state index is 13.1. The van der Waals surface area contributed by atoms with Crippen molar-refractivity contribution < 1.29 is 23.8 Å². The fraction of sp³-hybridized carbons (Fsp3) is 0.280. The zero-order valence-corrected chi connectivity index (χ0v) is 18.5. The van der Waals surface area contributed by atoms with Crippen LogP contribution in [0.25, 0.3) is 10.8 Å². The zero-order valence-electron chi connectivity index (χ0n) is 18.5. The van der Waals surface area contributed by atoms with Gasteiger partial charge in [0.05, 0.1) is 21.3 Å². The van der Waals surface area contributed by atoms with Gasteiger partial charge in [-0.1, -0.05) is 30.3 Å². The van der Waals surface area contributed by atoms with E-state index in [1.54, 1.807) is 21.9 Å². The van der Waals surface area contributed by atoms with Crippen LogP contribution < -0.4 is 14.2 Å². The van der Waals surface area contributed by atoms with E-state index in [4.69, 9.17) is 14.2 Å². The molecule has 0 saturated carbocycles. The van der Waals surface area contributed by atoms with Gasteiger partial charge in [-0.25, -0.2) is 0 Å². The van der Waals surface area contributed by atoms with E-state index in [1.165, 1.54) is 21.3 Å². The number of amides is 2. The second kappa shape index (κ2) is 9.18. The summed E-state index contributed by atoms with van der Waals surface area (Å²) in [6, 6.07) is 17.0. The number of hydrogen-bond acceptors (Lipinski definition) is 5. The van der Waals surface area contributed by atoms with Gasteiger partial charge in [-0.15, -0.1) is 0 Å². The number of carbonyl (C=O) groups is 2. The van der Waals surface area contributed by atoms with Crippen molar-refractivity contribution in [2.24, 2.45) is 0 Å². The van der Waals surface area contributed by atoms with Crippen LogP contribution in [0.4, 0.5) is 0 Å². The molecule has 0 bridgehead atoms. The van der Waals surface area contributed by atoms with E-state index in [-0.39, 0.29) is 11.8 Å². The van der Waals surface area contributed by atoms with Gasteiger partial charge in [-0.05, 0) is 35.0 Å². The number of fused-ring (bicyclic) bond motifs is 1. The molecule has 0 radical (unpaired) electrons. The first kappa shape index (κ1) is 21.5. The predicted molar refractivity (Wildman–Crippen MR) is 122 cm³/mol. The summed E-state index contributed by atoms with van der Waals surface area (Å²) in [5.41, 5.74) is 1.11. The van der Waals surface area contributed by atoms with E-state index in [0.717, 1.165) is 10.8 Å². The molecule has 0 N–H and O–H groups in total. The molecule has 0 aromatic heterocycles. The predicted octanol–water partition coefficient (Wildman–Crippen LogP) is 3.46. The highest BCUT2D eigenvalue weighted by molar-refractivity contribution is 5.99. The van der Waals surface area contributed by atoms with Crippen LogP contribution in [-0.2, 0) is 0 Å². The summed E-state index contributed by atoms with van der Waals surface area (Å²) < 4.78 is 16.0. The summed E-state index contributed by atoms with van der Waals surface area (Å²) in [6.45, 7) is 1.85. The van der Waals surface area contributed by atoms with Crippen molar-refractivity contribution >= 4 is 22.6 Å². The summed E-state index contributed by atoms with van der Waals surface area (Å²) >= 11 is 0. The van der Waals surface area contributed by atoms with Gasteiger partial charge in [0.15, 0.2) is 11.5 Å². The summed E-state index contributed by atoms with van der Waals surface area (Å²) in [4.78, 5) is 29.6. The SMILES string of the molecule is COc1cc(C(=O)N2CCN(C(=O)c3ccc4ccccc4c3)CC2)cc(OC)c1OC. The minimum absolute atomic E-state index is 0.0179. The molecule has 1 saturated heterocycles. The van der Waals surface area contributed by atoms with Crippen LogP contribution in [0.2, 0.25) is 0 Å². The number of ether oxygens (including phenoxy) is 3. The molecule has 2 amide bonds. The molecule has 1 aliphatic rings. The van der Waals surface area contributed by atoms with E-state index in [9.17, 15) is 9.59 Å². The van der Waals surface area contributed by atoms with Crippen molar-refractivity contribution in [2.45, 2.75) is 0 Å². The number of rotatable bonds is 5. The molecule has 1 fully saturated rings. The maximum Gasteiger partial charge on any atom is 0.254 e. The molecule has 0 spiro atoms. The minimum atomic E-state index is -0.137. The molecule has 7 nitrogen and oxygen atoms in total. The summed E-state index contributed by atoms with van der Waals surface area (Å²) in [6.07, 6.45) is 0. The molecular weight excluding hydrogens is 408 g/mol. The molecule has 1 aliphatic heterocycles. The van der Waals surface area contributed by atoms with Gasteiger partial charge in [0.1, 0.15) is 0 Å². The van der Waals surface area contributed by atoms with Crippen LogP contribution in [0.3, 0.4) is 0 Å². The molecule has 3 aromatic carbocycles. The molecular formula is C25H26N2O5. The van der Waals surface area contributed by atoms with E-state index in [2.05, 4.69) is 0 Å². The summed E-state index contributed by atoms with van der Waals surface area (Å²) in [7, 11) is 4.55. The van der Waals surface area contributed by atoms with Crippen molar-refractivity contribution in [3.8, 4) is 17.2 Å². The molecule has 3 aromatic rings. The number of benzene rings is 3. The second-order valence-electron chi connectivity index (χ2n) is 7.56. The highest BCUT2D eigenvalue weighted by Gasteiger charge is 2.27. The maximum atomic E-state index is 13.1. The van der Waals surface area contributed by atoms with Crippen molar-refractivity contribution in [3.05, 3.63) is 65.7 Å². The first-order valence-electron chi connectivity index (χ1n) is 10.4. The van der Waals surface area contributed by atoms with Crippen molar-refractivity contribution in [3.63, 3.8) is 0 Å². The van der Waals surface area contributed by atoms with Crippen LogP contribution in [0, 0.1) is 0 Å². The molecule has 166 valence electrons. The highest BCUT2D eigenvalue weighted by Crippen LogP contribution is 2.38. The Morgan fingerprint density at radius 3 is 1.72 bits per heavy atom. The number of carbonyl (C=O) groups excluding carboxylic acids is 2. The highest BCUT2D eigenvalue weighted by atomic mass is 16.5. The van der Waals surface area contributed by atoms with Gasteiger partial charge in [-0.2, -0.15) is 0 Å². The Hall–Kier alpha value is -3.74. The van der Waals surface area contributed by atoms with Crippen LogP contribution in [0.1, 0.15) is 20.7 Å². The minimum Gasteiger partial charge on any atom is -0.493 e. The van der Waals surface area contributed by atoms with Crippen molar-refractivity contribution in [2.75, 3.05) is 47.5 Å². The van der Waals surface area contributed by atoms with Gasteiger partial charge in [0, 0.05) is 37.3 Å². The lowest BCUT2D eigenvalue weighted by Gasteiger charge is -2.35. The van der Waals surface area contributed by atoms with Crippen molar-refractivity contribution in [1.82, 2.24) is 9.80 Å². The number of nitrogens with zero attached hydrogens (tertiary/aromatic N) is 2. The number of hydrogen-bond donors (Lipinski definition) is 0. The third-order valence-corrected chi connectivity index (χ3v) is 5.76. The first-order chi connectivity index (χ1) is 15.5. The fourth-order valence-corrected chi connectivity index (χ4v) is 4.00. The van der Waals surface area contributed by atoms with Gasteiger partial charge in [0.2, 0.25) is 5.75 Å². The molecule has 0 atom stereocenters. The third kappa shape index (κ3) is 4.06. The Kier molecular flexibility index (Phi) is 6.16. The van der Waals surface area contributed by atoms with Crippen molar-refractivity contribution in [1.29, 1.82) is 0 Å². The average Bonchev–Trinajstić information content (AvgIpc) is 2.86. The lowest BCUT2D eigenvalue weighted by molar-refractivity contribution is 0.0535. The monoisotopic (exact) mass is 434 g/mol. The Labute approximate surface area is 187 Å². The first-order valence-corrected chi connectivity index (χ1v) is 10.4. The molecule has 32 heavy (non-hydrogen) atoms. The molecule has 1 heterocycles. The Balaban J connectivity index is 1.46. The normalized spacial score (nSPS) is 13.7.